The highest BCUT2D eigenvalue weighted by Crippen LogP contribution is 2.32. The van der Waals surface area contributed by atoms with E-state index in [1.165, 1.54) is 10.1 Å². The molecule has 3 heteroatoms. The monoisotopic (exact) mass is 285 g/mol. The normalized spacial score (nSPS) is 12.8. The summed E-state index contributed by atoms with van der Waals surface area (Å²) in [4.78, 5) is 1.11. The topological polar surface area (TPSA) is 26.0 Å². The number of fused-ring (bicyclic) bond motifs is 1. The van der Waals surface area contributed by atoms with Crippen molar-refractivity contribution in [2.45, 2.75) is 19.9 Å². The Morgan fingerprint density at radius 2 is 1.70 bits per heavy atom. The molecule has 0 saturated carbocycles. The summed E-state index contributed by atoms with van der Waals surface area (Å²) >= 11 is 1.70. The first kappa shape index (κ1) is 13.3. The van der Waals surface area contributed by atoms with Gasteiger partial charge in [-0.25, -0.2) is 4.39 Å². The SMILES string of the molecule is Cc1cc(C(N)c2cc3ccccc3s2)cc(C)c1F. The maximum Gasteiger partial charge on any atom is 0.129 e. The molecule has 1 atom stereocenters. The van der Waals surface area contributed by atoms with Crippen LogP contribution in [0.4, 0.5) is 4.39 Å². The van der Waals surface area contributed by atoms with Crippen molar-refractivity contribution in [1.29, 1.82) is 0 Å². The van der Waals surface area contributed by atoms with Gasteiger partial charge in [0.1, 0.15) is 5.82 Å². The maximum atomic E-state index is 13.7. The lowest BCUT2D eigenvalue weighted by Gasteiger charge is -2.13. The van der Waals surface area contributed by atoms with Gasteiger partial charge < -0.3 is 5.73 Å². The molecule has 0 aliphatic rings. The number of nitrogens with two attached hydrogens (primary N) is 1. The second kappa shape index (κ2) is 5.00. The van der Waals surface area contributed by atoms with E-state index in [9.17, 15) is 4.39 Å². The van der Waals surface area contributed by atoms with E-state index < -0.39 is 0 Å². The molecule has 0 spiro atoms. The first-order valence-corrected chi connectivity index (χ1v) is 7.38. The van der Waals surface area contributed by atoms with E-state index in [1.807, 2.05) is 24.3 Å². The van der Waals surface area contributed by atoms with Crippen molar-refractivity contribution in [3.63, 3.8) is 0 Å². The van der Waals surface area contributed by atoms with Crippen LogP contribution >= 0.6 is 11.3 Å². The molecule has 102 valence electrons. The Kier molecular flexibility index (Phi) is 3.32. The molecule has 0 saturated heterocycles. The van der Waals surface area contributed by atoms with Crippen LogP contribution < -0.4 is 5.73 Å². The minimum absolute atomic E-state index is 0.141. The molecule has 3 rings (SSSR count). The highest BCUT2D eigenvalue weighted by molar-refractivity contribution is 7.19. The third kappa shape index (κ3) is 2.23. The highest BCUT2D eigenvalue weighted by Gasteiger charge is 2.14. The average Bonchev–Trinajstić information content (AvgIpc) is 2.87. The maximum absolute atomic E-state index is 13.7. The molecule has 1 aromatic heterocycles. The van der Waals surface area contributed by atoms with Gasteiger partial charge in [-0.05, 0) is 48.1 Å². The molecule has 1 unspecified atom stereocenters. The molecule has 0 fully saturated rings. The summed E-state index contributed by atoms with van der Waals surface area (Å²) in [6, 6.07) is 13.8. The number of hydrogen-bond acceptors (Lipinski definition) is 2. The van der Waals surface area contributed by atoms with E-state index in [1.54, 1.807) is 25.2 Å². The van der Waals surface area contributed by atoms with E-state index in [-0.39, 0.29) is 11.9 Å². The highest BCUT2D eigenvalue weighted by atomic mass is 32.1. The van der Waals surface area contributed by atoms with Crippen LogP contribution in [0, 0.1) is 19.7 Å². The first-order valence-electron chi connectivity index (χ1n) is 6.57. The Morgan fingerprint density at radius 3 is 2.35 bits per heavy atom. The Morgan fingerprint density at radius 1 is 1.05 bits per heavy atom. The van der Waals surface area contributed by atoms with Gasteiger partial charge in [0.2, 0.25) is 0 Å². The van der Waals surface area contributed by atoms with E-state index in [2.05, 4.69) is 18.2 Å². The zero-order valence-corrected chi connectivity index (χ0v) is 12.3. The van der Waals surface area contributed by atoms with Gasteiger partial charge in [0.15, 0.2) is 0 Å². The Labute approximate surface area is 121 Å². The molecule has 2 N–H and O–H groups in total. The molecular formula is C17H16FNS. The van der Waals surface area contributed by atoms with Crippen LogP contribution in [0.5, 0.6) is 0 Å². The van der Waals surface area contributed by atoms with Gasteiger partial charge in [-0.15, -0.1) is 11.3 Å². The second-order valence-electron chi connectivity index (χ2n) is 5.13. The molecule has 0 radical (unpaired) electrons. The summed E-state index contributed by atoms with van der Waals surface area (Å²) < 4.78 is 14.9. The standard InChI is InChI=1S/C17H16FNS/c1-10-7-13(8-11(2)16(10)18)17(19)15-9-12-5-3-4-6-14(12)20-15/h3-9,17H,19H2,1-2H3. The minimum Gasteiger partial charge on any atom is -0.320 e. The summed E-state index contributed by atoms with van der Waals surface area (Å²) in [5.41, 5.74) is 8.62. The Balaban J connectivity index is 2.05. The summed E-state index contributed by atoms with van der Waals surface area (Å²) in [6.07, 6.45) is 0. The van der Waals surface area contributed by atoms with Crippen LogP contribution in [0.3, 0.4) is 0 Å². The van der Waals surface area contributed by atoms with Gasteiger partial charge >= 0.3 is 0 Å². The first-order chi connectivity index (χ1) is 9.56. The van der Waals surface area contributed by atoms with Gasteiger partial charge in [0.25, 0.3) is 0 Å². The zero-order chi connectivity index (χ0) is 14.3. The number of halogens is 1. The summed E-state index contributed by atoms with van der Waals surface area (Å²) in [5.74, 6) is -0.141. The van der Waals surface area contributed by atoms with E-state index in [0.717, 1.165) is 10.4 Å². The van der Waals surface area contributed by atoms with Crippen molar-refractivity contribution in [1.82, 2.24) is 0 Å². The largest absolute Gasteiger partial charge is 0.320 e. The third-order valence-electron chi connectivity index (χ3n) is 3.57. The van der Waals surface area contributed by atoms with Gasteiger partial charge in [-0.1, -0.05) is 30.3 Å². The van der Waals surface area contributed by atoms with Crippen LogP contribution in [-0.2, 0) is 0 Å². The average molecular weight is 285 g/mol. The third-order valence-corrected chi connectivity index (χ3v) is 4.77. The van der Waals surface area contributed by atoms with Crippen LogP contribution in [0.15, 0.2) is 42.5 Å². The molecule has 20 heavy (non-hydrogen) atoms. The van der Waals surface area contributed by atoms with E-state index in [0.29, 0.717) is 11.1 Å². The number of thiophene rings is 1. The Hall–Kier alpha value is -1.71. The van der Waals surface area contributed by atoms with Crippen molar-refractivity contribution in [2.24, 2.45) is 5.73 Å². The van der Waals surface area contributed by atoms with Crippen molar-refractivity contribution < 1.29 is 4.39 Å². The van der Waals surface area contributed by atoms with Crippen molar-refractivity contribution in [2.75, 3.05) is 0 Å². The molecule has 0 aliphatic carbocycles. The smallest absolute Gasteiger partial charge is 0.129 e. The van der Waals surface area contributed by atoms with Crippen molar-refractivity contribution >= 4 is 21.4 Å². The van der Waals surface area contributed by atoms with Gasteiger partial charge in [-0.3, -0.25) is 0 Å². The van der Waals surface area contributed by atoms with E-state index in [4.69, 9.17) is 5.73 Å². The minimum atomic E-state index is -0.203. The summed E-state index contributed by atoms with van der Waals surface area (Å²) in [7, 11) is 0. The predicted molar refractivity (Wildman–Crippen MR) is 83.7 cm³/mol. The van der Waals surface area contributed by atoms with Crippen LogP contribution in [0.25, 0.3) is 10.1 Å². The quantitative estimate of drug-likeness (QED) is 0.725. The number of aryl methyl sites for hydroxylation is 2. The molecular weight excluding hydrogens is 269 g/mol. The number of hydrogen-bond donors (Lipinski definition) is 1. The lowest BCUT2D eigenvalue weighted by atomic mass is 10.00. The predicted octanol–water partition coefficient (Wildman–Crippen LogP) is 4.71. The number of benzene rings is 2. The second-order valence-corrected chi connectivity index (χ2v) is 6.25. The van der Waals surface area contributed by atoms with Gasteiger partial charge in [0.05, 0.1) is 6.04 Å². The van der Waals surface area contributed by atoms with Crippen LogP contribution in [0.2, 0.25) is 0 Å². The molecule has 3 aromatic rings. The fraction of sp³-hybridized carbons (Fsp3) is 0.176. The summed E-state index contributed by atoms with van der Waals surface area (Å²) in [6.45, 7) is 3.56. The molecule has 0 amide bonds. The lowest BCUT2D eigenvalue weighted by molar-refractivity contribution is 0.607. The molecule has 1 heterocycles. The fourth-order valence-electron chi connectivity index (χ4n) is 2.48. The van der Waals surface area contributed by atoms with Gasteiger partial charge in [-0.2, -0.15) is 0 Å². The lowest BCUT2D eigenvalue weighted by Crippen LogP contribution is -2.11. The number of rotatable bonds is 2. The van der Waals surface area contributed by atoms with Crippen molar-refractivity contribution in [3.8, 4) is 0 Å². The molecule has 0 bridgehead atoms. The zero-order valence-electron chi connectivity index (χ0n) is 11.5. The van der Waals surface area contributed by atoms with Crippen molar-refractivity contribution in [3.05, 3.63) is 69.8 Å². The van der Waals surface area contributed by atoms with Gasteiger partial charge in [0, 0.05) is 9.58 Å². The molecule has 2 aromatic carbocycles. The fourth-order valence-corrected chi connectivity index (χ4v) is 3.57. The van der Waals surface area contributed by atoms with Crippen LogP contribution in [-0.4, -0.2) is 0 Å². The van der Waals surface area contributed by atoms with E-state index >= 15 is 0 Å². The summed E-state index contributed by atoms with van der Waals surface area (Å²) in [5, 5.41) is 1.21. The molecule has 0 aliphatic heterocycles. The molecule has 1 nitrogen and oxygen atoms in total. The Bertz CT molecular complexity index is 720. The van der Waals surface area contributed by atoms with Crippen LogP contribution in [0.1, 0.15) is 27.6 Å².